The van der Waals surface area contributed by atoms with Crippen LogP contribution in [-0.2, 0) is 17.9 Å². The van der Waals surface area contributed by atoms with Crippen molar-refractivity contribution in [3.05, 3.63) is 65.7 Å². The predicted octanol–water partition coefficient (Wildman–Crippen LogP) is 3.31. The van der Waals surface area contributed by atoms with E-state index in [4.69, 9.17) is 0 Å². The van der Waals surface area contributed by atoms with Crippen molar-refractivity contribution in [1.29, 1.82) is 0 Å². The number of anilines is 1. The number of hydrogen-bond acceptors (Lipinski definition) is 3. The highest BCUT2D eigenvalue weighted by Gasteiger charge is 2.27. The molecule has 1 heterocycles. The molecule has 154 valence electrons. The highest BCUT2D eigenvalue weighted by Crippen LogP contribution is 2.20. The van der Waals surface area contributed by atoms with Crippen molar-refractivity contribution in [3.63, 3.8) is 0 Å². The quantitative estimate of drug-likeness (QED) is 0.790. The summed E-state index contributed by atoms with van der Waals surface area (Å²) in [6.07, 6.45) is 1.37. The SMILES string of the molecule is CN(C)Cc1ccccc1CNC(=O)N1CCC(C(=O)Nc2ccccc2)CC1. The molecule has 2 N–H and O–H groups in total. The van der Waals surface area contributed by atoms with Crippen molar-refractivity contribution in [2.24, 2.45) is 5.92 Å². The van der Waals surface area contributed by atoms with Crippen LogP contribution in [0.4, 0.5) is 10.5 Å². The number of nitrogens with one attached hydrogen (secondary N) is 2. The smallest absolute Gasteiger partial charge is 0.317 e. The normalized spacial score (nSPS) is 14.7. The van der Waals surface area contributed by atoms with Gasteiger partial charge in [-0.15, -0.1) is 0 Å². The van der Waals surface area contributed by atoms with Crippen molar-refractivity contribution < 1.29 is 9.59 Å². The van der Waals surface area contributed by atoms with Crippen LogP contribution in [0.15, 0.2) is 54.6 Å². The molecule has 3 amide bonds. The van der Waals surface area contributed by atoms with Crippen molar-refractivity contribution in [2.75, 3.05) is 32.5 Å². The Balaban J connectivity index is 1.46. The number of para-hydroxylation sites is 1. The van der Waals surface area contributed by atoms with Crippen LogP contribution in [0.5, 0.6) is 0 Å². The molecule has 0 spiro atoms. The van der Waals surface area contributed by atoms with Crippen LogP contribution in [0.25, 0.3) is 0 Å². The van der Waals surface area contributed by atoms with Gasteiger partial charge in [0.25, 0.3) is 0 Å². The molecule has 1 aliphatic rings. The molecule has 3 rings (SSSR count). The molecule has 2 aromatic rings. The second-order valence-electron chi connectivity index (χ2n) is 7.78. The molecule has 6 nitrogen and oxygen atoms in total. The molecular formula is C23H30N4O2. The molecular weight excluding hydrogens is 364 g/mol. The summed E-state index contributed by atoms with van der Waals surface area (Å²) in [6, 6.07) is 17.6. The minimum atomic E-state index is -0.0634. The molecule has 0 radical (unpaired) electrons. The number of nitrogens with zero attached hydrogens (tertiary/aromatic N) is 2. The number of rotatable bonds is 6. The Morgan fingerprint density at radius 2 is 1.59 bits per heavy atom. The zero-order valence-electron chi connectivity index (χ0n) is 17.2. The zero-order valence-corrected chi connectivity index (χ0v) is 17.2. The van der Waals surface area contributed by atoms with Gasteiger partial charge in [-0.2, -0.15) is 0 Å². The highest BCUT2D eigenvalue weighted by atomic mass is 16.2. The summed E-state index contributed by atoms with van der Waals surface area (Å²) in [5.74, 6) is -0.0195. The van der Waals surface area contributed by atoms with Gasteiger partial charge in [-0.3, -0.25) is 4.79 Å². The van der Waals surface area contributed by atoms with Crippen LogP contribution < -0.4 is 10.6 Å². The third-order valence-electron chi connectivity index (χ3n) is 5.23. The van der Waals surface area contributed by atoms with Crippen LogP contribution in [0.2, 0.25) is 0 Å². The minimum Gasteiger partial charge on any atom is -0.334 e. The summed E-state index contributed by atoms with van der Waals surface area (Å²) < 4.78 is 0. The van der Waals surface area contributed by atoms with Gasteiger partial charge in [0.15, 0.2) is 0 Å². The largest absolute Gasteiger partial charge is 0.334 e. The van der Waals surface area contributed by atoms with E-state index in [1.54, 1.807) is 4.90 Å². The van der Waals surface area contributed by atoms with E-state index < -0.39 is 0 Å². The second-order valence-corrected chi connectivity index (χ2v) is 7.78. The lowest BCUT2D eigenvalue weighted by molar-refractivity contribution is -0.121. The lowest BCUT2D eigenvalue weighted by Gasteiger charge is -2.31. The maximum Gasteiger partial charge on any atom is 0.317 e. The summed E-state index contributed by atoms with van der Waals surface area (Å²) in [4.78, 5) is 28.9. The van der Waals surface area contributed by atoms with Gasteiger partial charge in [0.2, 0.25) is 5.91 Å². The summed E-state index contributed by atoms with van der Waals surface area (Å²) in [5.41, 5.74) is 3.16. The first-order valence-electron chi connectivity index (χ1n) is 10.1. The summed E-state index contributed by atoms with van der Waals surface area (Å²) in [5, 5.41) is 6.00. The van der Waals surface area contributed by atoms with E-state index in [1.165, 1.54) is 5.56 Å². The number of hydrogen-bond donors (Lipinski definition) is 2. The van der Waals surface area contributed by atoms with Gasteiger partial charge in [-0.25, -0.2) is 4.79 Å². The Kier molecular flexibility index (Phi) is 7.25. The lowest BCUT2D eigenvalue weighted by Crippen LogP contribution is -2.46. The molecule has 1 aliphatic heterocycles. The van der Waals surface area contributed by atoms with Gasteiger partial charge < -0.3 is 20.4 Å². The Morgan fingerprint density at radius 1 is 0.966 bits per heavy atom. The van der Waals surface area contributed by atoms with Crippen LogP contribution in [0, 0.1) is 5.92 Å². The number of amides is 3. The first-order valence-corrected chi connectivity index (χ1v) is 10.1. The van der Waals surface area contributed by atoms with Gasteiger partial charge in [0, 0.05) is 37.8 Å². The number of piperidine rings is 1. The maximum absolute atomic E-state index is 12.6. The number of urea groups is 1. The van der Waals surface area contributed by atoms with Crippen LogP contribution in [0.3, 0.4) is 0 Å². The lowest BCUT2D eigenvalue weighted by atomic mass is 9.96. The van der Waals surface area contributed by atoms with Crippen molar-refractivity contribution >= 4 is 17.6 Å². The topological polar surface area (TPSA) is 64.7 Å². The highest BCUT2D eigenvalue weighted by molar-refractivity contribution is 5.92. The Bertz CT molecular complexity index is 815. The number of carbonyl (C=O) groups excluding carboxylic acids is 2. The van der Waals surface area contributed by atoms with Crippen LogP contribution in [0.1, 0.15) is 24.0 Å². The number of benzene rings is 2. The molecule has 0 saturated carbocycles. The van der Waals surface area contributed by atoms with E-state index in [2.05, 4.69) is 27.7 Å². The molecule has 0 atom stereocenters. The molecule has 1 fully saturated rings. The van der Waals surface area contributed by atoms with E-state index in [0.29, 0.717) is 32.5 Å². The summed E-state index contributed by atoms with van der Waals surface area (Å²) in [6.45, 7) is 2.54. The molecule has 0 aliphatic carbocycles. The number of carbonyl (C=O) groups is 2. The Morgan fingerprint density at radius 3 is 2.24 bits per heavy atom. The third-order valence-corrected chi connectivity index (χ3v) is 5.23. The van der Waals surface area contributed by atoms with Gasteiger partial charge in [-0.1, -0.05) is 42.5 Å². The molecule has 2 aromatic carbocycles. The van der Waals surface area contributed by atoms with Gasteiger partial charge in [0.1, 0.15) is 0 Å². The van der Waals surface area contributed by atoms with Crippen LogP contribution >= 0.6 is 0 Å². The monoisotopic (exact) mass is 394 g/mol. The fourth-order valence-electron chi connectivity index (χ4n) is 3.62. The van der Waals surface area contributed by atoms with E-state index >= 15 is 0 Å². The molecule has 0 aromatic heterocycles. The number of likely N-dealkylation sites (tertiary alicyclic amines) is 1. The summed E-state index contributed by atoms with van der Waals surface area (Å²) in [7, 11) is 4.07. The van der Waals surface area contributed by atoms with Gasteiger partial charge in [-0.05, 0) is 50.2 Å². The van der Waals surface area contributed by atoms with E-state index in [0.717, 1.165) is 17.8 Å². The molecule has 0 unspecified atom stereocenters. The first kappa shape index (κ1) is 20.9. The standard InChI is InChI=1S/C23H30N4O2/c1-26(2)17-20-9-7-6-8-19(20)16-24-23(29)27-14-12-18(13-15-27)22(28)25-21-10-4-3-5-11-21/h3-11,18H,12-17H2,1-2H3,(H,24,29)(H,25,28). The predicted molar refractivity (Wildman–Crippen MR) is 115 cm³/mol. The fourth-order valence-corrected chi connectivity index (χ4v) is 3.62. The first-order chi connectivity index (χ1) is 14.0. The van der Waals surface area contributed by atoms with Crippen molar-refractivity contribution in [1.82, 2.24) is 15.1 Å². The van der Waals surface area contributed by atoms with Gasteiger partial charge in [0.05, 0.1) is 0 Å². The Labute approximate surface area is 172 Å². The van der Waals surface area contributed by atoms with E-state index in [9.17, 15) is 9.59 Å². The average Bonchev–Trinajstić information content (AvgIpc) is 2.73. The van der Waals surface area contributed by atoms with E-state index in [1.807, 2.05) is 56.6 Å². The van der Waals surface area contributed by atoms with E-state index in [-0.39, 0.29) is 17.9 Å². The minimum absolute atomic E-state index is 0.0360. The van der Waals surface area contributed by atoms with Crippen molar-refractivity contribution in [2.45, 2.75) is 25.9 Å². The fraction of sp³-hybridized carbons (Fsp3) is 0.391. The van der Waals surface area contributed by atoms with Crippen molar-refractivity contribution in [3.8, 4) is 0 Å². The molecule has 1 saturated heterocycles. The summed E-state index contributed by atoms with van der Waals surface area (Å²) >= 11 is 0. The average molecular weight is 395 g/mol. The maximum atomic E-state index is 12.6. The van der Waals surface area contributed by atoms with Crippen LogP contribution in [-0.4, -0.2) is 48.9 Å². The second kappa shape index (κ2) is 10.1. The Hall–Kier alpha value is -2.86. The molecule has 0 bridgehead atoms. The zero-order chi connectivity index (χ0) is 20.6. The van der Waals surface area contributed by atoms with Gasteiger partial charge >= 0.3 is 6.03 Å². The third kappa shape index (κ3) is 6.06. The molecule has 6 heteroatoms. The molecule has 29 heavy (non-hydrogen) atoms.